The fraction of sp³-hybridized carbons (Fsp3) is 0.273. The molecular formula is C11H13ClN2O3. The highest BCUT2D eigenvalue weighted by Crippen LogP contribution is 2.20. The van der Waals surface area contributed by atoms with E-state index in [4.69, 9.17) is 11.6 Å². The molecule has 0 aromatic heterocycles. The van der Waals surface area contributed by atoms with Crippen LogP contribution in [0.2, 0.25) is 5.02 Å². The maximum absolute atomic E-state index is 11.7. The van der Waals surface area contributed by atoms with Crippen LogP contribution in [0.5, 0.6) is 5.75 Å². The number of hydrogen-bond acceptors (Lipinski definition) is 3. The van der Waals surface area contributed by atoms with Gasteiger partial charge in [0.15, 0.2) is 0 Å². The number of benzene rings is 1. The van der Waals surface area contributed by atoms with Crippen molar-refractivity contribution in [3.63, 3.8) is 0 Å². The lowest BCUT2D eigenvalue weighted by molar-refractivity contribution is -0.127. The summed E-state index contributed by atoms with van der Waals surface area (Å²) in [6, 6.07) is 4.04. The molecule has 0 radical (unpaired) electrons. The van der Waals surface area contributed by atoms with E-state index in [9.17, 15) is 14.7 Å². The van der Waals surface area contributed by atoms with Crippen LogP contribution in [0.4, 0.5) is 0 Å². The monoisotopic (exact) mass is 256 g/mol. The van der Waals surface area contributed by atoms with Crippen LogP contribution in [-0.4, -0.2) is 42.5 Å². The molecule has 2 amide bonds. The van der Waals surface area contributed by atoms with E-state index in [0.717, 1.165) is 0 Å². The Balaban J connectivity index is 2.70. The summed E-state index contributed by atoms with van der Waals surface area (Å²) in [5.74, 6) is -0.783. The Bertz CT molecular complexity index is 446. The summed E-state index contributed by atoms with van der Waals surface area (Å²) >= 11 is 5.80. The molecule has 1 aromatic carbocycles. The van der Waals surface area contributed by atoms with E-state index in [1.165, 1.54) is 23.1 Å². The molecule has 1 rings (SSSR count). The number of carbonyl (C=O) groups is 2. The predicted molar refractivity (Wildman–Crippen MR) is 64.1 cm³/mol. The normalized spacial score (nSPS) is 9.82. The smallest absolute Gasteiger partial charge is 0.253 e. The Morgan fingerprint density at radius 2 is 2.06 bits per heavy atom. The molecule has 0 spiro atoms. The maximum atomic E-state index is 11.7. The molecule has 92 valence electrons. The van der Waals surface area contributed by atoms with Crippen molar-refractivity contribution in [1.82, 2.24) is 10.2 Å². The zero-order valence-corrected chi connectivity index (χ0v) is 10.3. The minimum atomic E-state index is -0.499. The van der Waals surface area contributed by atoms with Gasteiger partial charge in [0.1, 0.15) is 5.75 Å². The van der Waals surface area contributed by atoms with Gasteiger partial charge in [-0.2, -0.15) is 0 Å². The number of phenols is 1. The fourth-order valence-electron chi connectivity index (χ4n) is 1.10. The van der Waals surface area contributed by atoms with Crippen LogP contribution >= 0.6 is 11.6 Å². The van der Waals surface area contributed by atoms with E-state index < -0.39 is 5.91 Å². The van der Waals surface area contributed by atoms with Gasteiger partial charge in [0.2, 0.25) is 5.91 Å². The minimum absolute atomic E-state index is 0.0570. The van der Waals surface area contributed by atoms with Gasteiger partial charge >= 0.3 is 0 Å². The molecule has 17 heavy (non-hydrogen) atoms. The van der Waals surface area contributed by atoms with E-state index in [0.29, 0.717) is 0 Å². The number of nitrogens with one attached hydrogen (secondary N) is 1. The van der Waals surface area contributed by atoms with E-state index >= 15 is 0 Å². The Kier molecular flexibility index (Phi) is 4.34. The van der Waals surface area contributed by atoms with Gasteiger partial charge in [-0.05, 0) is 18.2 Å². The second kappa shape index (κ2) is 5.54. The number of halogens is 1. The number of hydrogen-bond donors (Lipinski definition) is 2. The number of likely N-dealkylation sites (N-methyl/N-ethyl adjacent to an activating group) is 1. The summed E-state index contributed by atoms with van der Waals surface area (Å²) in [6.07, 6.45) is 0. The van der Waals surface area contributed by atoms with Crippen molar-refractivity contribution >= 4 is 23.4 Å². The van der Waals surface area contributed by atoms with E-state index in [1.807, 2.05) is 0 Å². The van der Waals surface area contributed by atoms with Crippen molar-refractivity contribution in [2.75, 3.05) is 20.6 Å². The van der Waals surface area contributed by atoms with Gasteiger partial charge in [0.25, 0.3) is 5.91 Å². The average Bonchev–Trinajstić information content (AvgIpc) is 2.28. The zero-order chi connectivity index (χ0) is 13.0. The third-order valence-electron chi connectivity index (χ3n) is 2.09. The number of amides is 2. The van der Waals surface area contributed by atoms with Crippen LogP contribution in [0, 0.1) is 0 Å². The lowest BCUT2D eigenvalue weighted by Crippen LogP contribution is -2.36. The average molecular weight is 257 g/mol. The maximum Gasteiger partial charge on any atom is 0.253 e. The van der Waals surface area contributed by atoms with Crippen molar-refractivity contribution in [3.05, 3.63) is 28.8 Å². The second-order valence-electron chi connectivity index (χ2n) is 3.63. The zero-order valence-electron chi connectivity index (χ0n) is 9.53. The Morgan fingerprint density at radius 3 is 2.65 bits per heavy atom. The molecule has 0 unspecified atom stereocenters. The molecule has 0 saturated heterocycles. The van der Waals surface area contributed by atoms with Gasteiger partial charge in [0.05, 0.1) is 17.1 Å². The van der Waals surface area contributed by atoms with Crippen molar-refractivity contribution in [2.45, 2.75) is 0 Å². The van der Waals surface area contributed by atoms with Crippen LogP contribution in [0.15, 0.2) is 18.2 Å². The summed E-state index contributed by atoms with van der Waals surface area (Å²) in [6.45, 7) is -0.113. The van der Waals surface area contributed by atoms with Crippen molar-refractivity contribution in [3.8, 4) is 5.75 Å². The van der Waals surface area contributed by atoms with Crippen molar-refractivity contribution < 1.29 is 14.7 Å². The van der Waals surface area contributed by atoms with Gasteiger partial charge in [-0.15, -0.1) is 0 Å². The van der Waals surface area contributed by atoms with Crippen LogP contribution in [0.25, 0.3) is 0 Å². The summed E-state index contributed by atoms with van der Waals surface area (Å²) in [5.41, 5.74) is 0.137. The summed E-state index contributed by atoms with van der Waals surface area (Å²) in [5, 5.41) is 11.9. The topological polar surface area (TPSA) is 69.6 Å². The first-order chi connectivity index (χ1) is 7.91. The van der Waals surface area contributed by atoms with E-state index in [1.54, 1.807) is 14.1 Å². The molecule has 0 fully saturated rings. The van der Waals surface area contributed by atoms with Crippen LogP contribution in [-0.2, 0) is 4.79 Å². The predicted octanol–water partition coefficient (Wildman–Crippen LogP) is 0.864. The molecular weight excluding hydrogens is 244 g/mol. The molecule has 0 atom stereocenters. The van der Waals surface area contributed by atoms with Crippen LogP contribution in [0.3, 0.4) is 0 Å². The van der Waals surface area contributed by atoms with Crippen LogP contribution < -0.4 is 5.32 Å². The van der Waals surface area contributed by atoms with Crippen molar-refractivity contribution in [1.29, 1.82) is 0 Å². The lowest BCUT2D eigenvalue weighted by Gasteiger charge is -2.11. The minimum Gasteiger partial charge on any atom is -0.508 e. The Morgan fingerprint density at radius 1 is 1.41 bits per heavy atom. The van der Waals surface area contributed by atoms with Gasteiger partial charge in [-0.25, -0.2) is 0 Å². The molecule has 5 nitrogen and oxygen atoms in total. The highest BCUT2D eigenvalue weighted by atomic mass is 35.5. The summed E-state index contributed by atoms with van der Waals surface area (Å²) in [4.78, 5) is 24.3. The molecule has 0 bridgehead atoms. The quantitative estimate of drug-likeness (QED) is 0.843. The molecule has 0 saturated carbocycles. The SMILES string of the molecule is CN(C)C(=O)CNC(=O)c1cc(O)ccc1Cl. The van der Waals surface area contributed by atoms with Crippen LogP contribution in [0.1, 0.15) is 10.4 Å². The molecule has 6 heteroatoms. The summed E-state index contributed by atoms with van der Waals surface area (Å²) in [7, 11) is 3.19. The highest BCUT2D eigenvalue weighted by Gasteiger charge is 2.12. The highest BCUT2D eigenvalue weighted by molar-refractivity contribution is 6.33. The third-order valence-corrected chi connectivity index (χ3v) is 2.42. The second-order valence-corrected chi connectivity index (χ2v) is 4.04. The van der Waals surface area contributed by atoms with Crippen molar-refractivity contribution in [2.24, 2.45) is 0 Å². The molecule has 0 heterocycles. The number of carbonyl (C=O) groups excluding carboxylic acids is 2. The first-order valence-electron chi connectivity index (χ1n) is 4.88. The molecule has 0 aliphatic carbocycles. The lowest BCUT2D eigenvalue weighted by atomic mass is 10.2. The number of phenolic OH excluding ortho intramolecular Hbond substituents is 1. The molecule has 0 aliphatic heterocycles. The molecule has 2 N–H and O–H groups in total. The van der Waals surface area contributed by atoms with E-state index in [2.05, 4.69) is 5.32 Å². The molecule has 1 aromatic rings. The Hall–Kier alpha value is -1.75. The number of rotatable bonds is 3. The van der Waals surface area contributed by atoms with Gasteiger partial charge in [0, 0.05) is 14.1 Å². The largest absolute Gasteiger partial charge is 0.508 e. The number of aromatic hydroxyl groups is 1. The Labute approximate surface area is 104 Å². The van der Waals surface area contributed by atoms with Gasteiger partial charge < -0.3 is 15.3 Å². The first-order valence-corrected chi connectivity index (χ1v) is 5.26. The standard InChI is InChI=1S/C11H13ClN2O3/c1-14(2)10(16)6-13-11(17)8-5-7(15)3-4-9(8)12/h3-5,15H,6H2,1-2H3,(H,13,17). The van der Waals surface area contributed by atoms with E-state index in [-0.39, 0.29) is 28.8 Å². The molecule has 0 aliphatic rings. The summed E-state index contributed by atoms with van der Waals surface area (Å²) < 4.78 is 0. The van der Waals surface area contributed by atoms with Gasteiger partial charge in [-0.1, -0.05) is 11.6 Å². The third kappa shape index (κ3) is 3.64. The fourth-order valence-corrected chi connectivity index (χ4v) is 1.30. The first kappa shape index (κ1) is 13.3. The number of nitrogens with zero attached hydrogens (tertiary/aromatic N) is 1. The van der Waals surface area contributed by atoms with Gasteiger partial charge in [-0.3, -0.25) is 9.59 Å².